The maximum atomic E-state index is 11.7. The number of carbonyl (C=O) groups is 1. The van der Waals surface area contributed by atoms with Crippen molar-refractivity contribution in [1.29, 1.82) is 0 Å². The van der Waals surface area contributed by atoms with Crippen molar-refractivity contribution >= 4 is 17.9 Å². The summed E-state index contributed by atoms with van der Waals surface area (Å²) in [6, 6.07) is 8.39. The molecule has 0 aliphatic carbocycles. The summed E-state index contributed by atoms with van der Waals surface area (Å²) in [6.07, 6.45) is 0.795. The van der Waals surface area contributed by atoms with E-state index in [0.717, 1.165) is 16.4 Å². The van der Waals surface area contributed by atoms with Crippen LogP contribution in [0.3, 0.4) is 0 Å². The van der Waals surface area contributed by atoms with Gasteiger partial charge in [0.1, 0.15) is 5.75 Å². The molecule has 7 nitrogen and oxygen atoms in total. The molecule has 0 saturated heterocycles. The molecule has 1 aromatic carbocycles. The van der Waals surface area contributed by atoms with Gasteiger partial charge in [-0.15, -0.1) is 9.78 Å². The van der Waals surface area contributed by atoms with E-state index in [2.05, 4.69) is 5.10 Å². The van der Waals surface area contributed by atoms with Gasteiger partial charge >= 0.3 is 11.8 Å². The molecule has 0 atom stereocenters. The van der Waals surface area contributed by atoms with Crippen molar-refractivity contribution < 1.29 is 9.53 Å². The predicted octanol–water partition coefficient (Wildman–Crippen LogP) is 0.528. The molecule has 94 valence electrons. The van der Waals surface area contributed by atoms with E-state index in [9.17, 15) is 9.59 Å². The van der Waals surface area contributed by atoms with Crippen molar-refractivity contribution in [1.82, 2.24) is 14.5 Å². The smallest absolute Gasteiger partial charge is 0.409 e. The SMILES string of the molecule is CSc1nn(C(=O)Oc2ccccc2)c(=O)n1N. The number of hydrogen-bond donors (Lipinski definition) is 1. The van der Waals surface area contributed by atoms with E-state index in [1.54, 1.807) is 36.6 Å². The number of aromatic nitrogens is 3. The summed E-state index contributed by atoms with van der Waals surface area (Å²) in [5.74, 6) is 5.76. The summed E-state index contributed by atoms with van der Waals surface area (Å²) in [6.45, 7) is 0. The maximum absolute atomic E-state index is 11.7. The topological polar surface area (TPSA) is 92.1 Å². The summed E-state index contributed by atoms with van der Waals surface area (Å²) in [5.41, 5.74) is -0.750. The standard InChI is InChI=1S/C10H10N4O3S/c1-18-8-12-14(9(15)13(8)11)10(16)17-7-5-3-2-4-6-7/h2-6H,11H2,1H3. The van der Waals surface area contributed by atoms with Crippen LogP contribution in [0.1, 0.15) is 0 Å². The maximum Gasteiger partial charge on any atom is 0.444 e. The quantitative estimate of drug-likeness (QED) is 0.629. The van der Waals surface area contributed by atoms with E-state index < -0.39 is 11.8 Å². The highest BCUT2D eigenvalue weighted by Gasteiger charge is 2.17. The number of ether oxygens (including phenoxy) is 1. The number of nitrogens with two attached hydrogens (primary N) is 1. The van der Waals surface area contributed by atoms with Crippen LogP contribution in [-0.2, 0) is 0 Å². The molecule has 2 N–H and O–H groups in total. The van der Waals surface area contributed by atoms with Crippen LogP contribution >= 0.6 is 11.8 Å². The Morgan fingerprint density at radius 3 is 2.61 bits per heavy atom. The molecule has 0 radical (unpaired) electrons. The fraction of sp³-hybridized carbons (Fsp3) is 0.100. The van der Waals surface area contributed by atoms with Crippen molar-refractivity contribution in [3.05, 3.63) is 40.8 Å². The summed E-state index contributed by atoms with van der Waals surface area (Å²) in [5, 5.41) is 3.98. The molecule has 2 aromatic rings. The molecule has 0 saturated carbocycles. The number of hydrogen-bond acceptors (Lipinski definition) is 6. The highest BCUT2D eigenvalue weighted by Crippen LogP contribution is 2.10. The number of benzene rings is 1. The third-order valence-corrected chi connectivity index (χ3v) is 2.73. The van der Waals surface area contributed by atoms with Crippen LogP contribution in [0.25, 0.3) is 0 Å². The van der Waals surface area contributed by atoms with Gasteiger partial charge in [-0.05, 0) is 18.4 Å². The predicted molar refractivity (Wildman–Crippen MR) is 66.3 cm³/mol. The van der Waals surface area contributed by atoms with E-state index >= 15 is 0 Å². The lowest BCUT2D eigenvalue weighted by Gasteiger charge is -2.01. The highest BCUT2D eigenvalue weighted by atomic mass is 32.2. The third kappa shape index (κ3) is 2.23. The van der Waals surface area contributed by atoms with Crippen molar-refractivity contribution in [3.63, 3.8) is 0 Å². The minimum atomic E-state index is -0.897. The van der Waals surface area contributed by atoms with E-state index in [4.69, 9.17) is 10.6 Å². The molecular formula is C10H10N4O3S. The Morgan fingerprint density at radius 1 is 1.39 bits per heavy atom. The lowest BCUT2D eigenvalue weighted by atomic mass is 10.3. The molecule has 0 aliphatic rings. The van der Waals surface area contributed by atoms with Gasteiger partial charge in [0, 0.05) is 0 Å². The second-order valence-corrected chi connectivity index (χ2v) is 4.01. The van der Waals surface area contributed by atoms with Gasteiger partial charge in [0.05, 0.1) is 0 Å². The molecule has 0 aliphatic heterocycles. The zero-order valence-electron chi connectivity index (χ0n) is 9.44. The van der Waals surface area contributed by atoms with Gasteiger partial charge in [0.2, 0.25) is 5.16 Å². The fourth-order valence-electron chi connectivity index (χ4n) is 1.25. The highest BCUT2D eigenvalue weighted by molar-refractivity contribution is 7.98. The van der Waals surface area contributed by atoms with Crippen LogP contribution in [0.15, 0.2) is 40.3 Å². The summed E-state index contributed by atoms with van der Waals surface area (Å²) in [7, 11) is 0. The van der Waals surface area contributed by atoms with Crippen LogP contribution in [-0.4, -0.2) is 26.8 Å². The van der Waals surface area contributed by atoms with E-state index in [1.807, 2.05) is 0 Å². The Morgan fingerprint density at radius 2 is 2.06 bits per heavy atom. The molecule has 0 bridgehead atoms. The number of nitrogens with zero attached hydrogens (tertiary/aromatic N) is 3. The van der Waals surface area contributed by atoms with Crippen LogP contribution in [0.2, 0.25) is 0 Å². The third-order valence-electron chi connectivity index (χ3n) is 2.08. The van der Waals surface area contributed by atoms with Gasteiger partial charge in [-0.25, -0.2) is 9.59 Å². The second-order valence-electron chi connectivity index (χ2n) is 3.23. The Bertz CT molecular complexity index is 620. The molecule has 0 unspecified atom stereocenters. The molecule has 1 aromatic heterocycles. The first-order valence-corrected chi connectivity index (χ1v) is 6.14. The number of carbonyl (C=O) groups excluding carboxylic acids is 1. The first kappa shape index (κ1) is 12.2. The van der Waals surface area contributed by atoms with Gasteiger partial charge in [-0.1, -0.05) is 30.0 Å². The molecule has 8 heteroatoms. The number of rotatable bonds is 2. The summed E-state index contributed by atoms with van der Waals surface area (Å²) < 4.78 is 6.35. The largest absolute Gasteiger partial charge is 0.444 e. The number of nitrogen functional groups attached to an aromatic ring is 1. The van der Waals surface area contributed by atoms with Gasteiger partial charge in [0.25, 0.3) is 0 Å². The fourth-order valence-corrected chi connectivity index (χ4v) is 1.69. The minimum absolute atomic E-state index is 0.227. The first-order chi connectivity index (χ1) is 8.63. The Labute approximate surface area is 106 Å². The number of para-hydroxylation sites is 1. The van der Waals surface area contributed by atoms with Gasteiger partial charge < -0.3 is 10.6 Å². The van der Waals surface area contributed by atoms with E-state index in [0.29, 0.717) is 10.4 Å². The zero-order chi connectivity index (χ0) is 13.1. The average molecular weight is 266 g/mol. The Kier molecular flexibility index (Phi) is 3.38. The monoisotopic (exact) mass is 266 g/mol. The summed E-state index contributed by atoms with van der Waals surface area (Å²) in [4.78, 5) is 23.3. The van der Waals surface area contributed by atoms with Crippen molar-refractivity contribution in [3.8, 4) is 5.75 Å². The molecule has 0 amide bonds. The molecular weight excluding hydrogens is 256 g/mol. The van der Waals surface area contributed by atoms with Crippen LogP contribution in [0.4, 0.5) is 4.79 Å². The van der Waals surface area contributed by atoms with Crippen LogP contribution < -0.4 is 16.3 Å². The average Bonchev–Trinajstić information content (AvgIpc) is 2.67. The van der Waals surface area contributed by atoms with Gasteiger partial charge in [-0.3, -0.25) is 0 Å². The van der Waals surface area contributed by atoms with E-state index in [-0.39, 0.29) is 5.16 Å². The normalized spacial score (nSPS) is 10.3. The van der Waals surface area contributed by atoms with Crippen LogP contribution in [0, 0.1) is 0 Å². The minimum Gasteiger partial charge on any atom is -0.409 e. The molecule has 1 heterocycles. The van der Waals surface area contributed by atoms with Crippen molar-refractivity contribution in [2.24, 2.45) is 0 Å². The number of thioether (sulfide) groups is 1. The first-order valence-electron chi connectivity index (χ1n) is 4.92. The van der Waals surface area contributed by atoms with Crippen molar-refractivity contribution in [2.75, 3.05) is 12.1 Å². The van der Waals surface area contributed by atoms with E-state index in [1.165, 1.54) is 0 Å². The van der Waals surface area contributed by atoms with Crippen LogP contribution in [0.5, 0.6) is 5.75 Å². The lowest BCUT2D eigenvalue weighted by molar-refractivity contribution is 0.197. The molecule has 0 spiro atoms. The lowest BCUT2D eigenvalue weighted by Crippen LogP contribution is -2.35. The second kappa shape index (κ2) is 4.96. The summed E-state index contributed by atoms with van der Waals surface area (Å²) >= 11 is 1.15. The molecule has 0 fully saturated rings. The molecule has 2 rings (SSSR count). The van der Waals surface area contributed by atoms with Gasteiger partial charge in [-0.2, -0.15) is 4.68 Å². The van der Waals surface area contributed by atoms with Crippen molar-refractivity contribution in [2.45, 2.75) is 5.16 Å². The van der Waals surface area contributed by atoms with Gasteiger partial charge in [0.15, 0.2) is 0 Å². The molecule has 18 heavy (non-hydrogen) atoms. The Hall–Kier alpha value is -2.22. The zero-order valence-corrected chi connectivity index (χ0v) is 10.3. The Balaban J connectivity index is 2.27.